The van der Waals surface area contributed by atoms with E-state index in [1.807, 2.05) is 18.2 Å². The molecule has 104 valence electrons. The topological polar surface area (TPSA) is 44.4 Å². The van der Waals surface area contributed by atoms with Crippen LogP contribution in [-0.4, -0.2) is 50.1 Å². The zero-order chi connectivity index (χ0) is 13.7. The molecule has 1 heterocycles. The number of nitrogens with zero attached hydrogens (tertiary/aromatic N) is 1. The maximum atomic E-state index is 12.0. The molecule has 1 saturated heterocycles. The lowest BCUT2D eigenvalue weighted by Gasteiger charge is -2.27. The molecule has 2 rings (SSSR count). The lowest BCUT2D eigenvalue weighted by molar-refractivity contribution is 0.0946. The van der Waals surface area contributed by atoms with E-state index in [0.717, 1.165) is 41.7 Å². The SMILES string of the molecule is O=C(NCCN1CCNCC1)c1ccc(Br)cc1Br. The van der Waals surface area contributed by atoms with Gasteiger partial charge in [-0.3, -0.25) is 9.69 Å². The number of carbonyl (C=O) groups excluding carboxylic acids is 1. The Bertz CT molecular complexity index is 448. The lowest BCUT2D eigenvalue weighted by atomic mass is 10.2. The van der Waals surface area contributed by atoms with Crippen LogP contribution in [0.1, 0.15) is 10.4 Å². The van der Waals surface area contributed by atoms with Crippen LogP contribution in [0, 0.1) is 0 Å². The first kappa shape index (κ1) is 15.0. The predicted octanol–water partition coefficient (Wildman–Crippen LogP) is 1.85. The molecule has 1 aromatic rings. The number of amides is 1. The molecule has 6 heteroatoms. The summed E-state index contributed by atoms with van der Waals surface area (Å²) in [6.45, 7) is 5.76. The molecule has 2 N–H and O–H groups in total. The van der Waals surface area contributed by atoms with E-state index in [-0.39, 0.29) is 5.91 Å². The van der Waals surface area contributed by atoms with E-state index in [1.54, 1.807) is 0 Å². The van der Waals surface area contributed by atoms with Crippen LogP contribution < -0.4 is 10.6 Å². The van der Waals surface area contributed by atoms with Gasteiger partial charge >= 0.3 is 0 Å². The van der Waals surface area contributed by atoms with Crippen LogP contribution in [0.25, 0.3) is 0 Å². The van der Waals surface area contributed by atoms with Crippen molar-refractivity contribution in [3.05, 3.63) is 32.7 Å². The minimum Gasteiger partial charge on any atom is -0.351 e. The summed E-state index contributed by atoms with van der Waals surface area (Å²) in [6.07, 6.45) is 0. The van der Waals surface area contributed by atoms with Gasteiger partial charge in [0.25, 0.3) is 5.91 Å². The largest absolute Gasteiger partial charge is 0.351 e. The van der Waals surface area contributed by atoms with Crippen LogP contribution in [0.2, 0.25) is 0 Å². The van der Waals surface area contributed by atoms with Gasteiger partial charge in [-0.1, -0.05) is 15.9 Å². The number of rotatable bonds is 4. The second-order valence-corrected chi connectivity index (χ2v) is 6.24. The van der Waals surface area contributed by atoms with Crippen molar-refractivity contribution >= 4 is 37.8 Å². The van der Waals surface area contributed by atoms with Crippen LogP contribution in [0.5, 0.6) is 0 Å². The number of hydrogen-bond acceptors (Lipinski definition) is 3. The van der Waals surface area contributed by atoms with Gasteiger partial charge in [0, 0.05) is 48.2 Å². The van der Waals surface area contributed by atoms with E-state index in [2.05, 4.69) is 47.4 Å². The summed E-state index contributed by atoms with van der Waals surface area (Å²) in [4.78, 5) is 14.4. The average Bonchev–Trinajstić information content (AvgIpc) is 2.39. The second-order valence-electron chi connectivity index (χ2n) is 4.47. The van der Waals surface area contributed by atoms with E-state index in [4.69, 9.17) is 0 Å². The highest BCUT2D eigenvalue weighted by atomic mass is 79.9. The van der Waals surface area contributed by atoms with Gasteiger partial charge < -0.3 is 10.6 Å². The van der Waals surface area contributed by atoms with Gasteiger partial charge in [0.15, 0.2) is 0 Å². The summed E-state index contributed by atoms with van der Waals surface area (Å²) in [6, 6.07) is 5.56. The summed E-state index contributed by atoms with van der Waals surface area (Å²) in [5, 5.41) is 6.27. The molecular formula is C13H17Br2N3O. The van der Waals surface area contributed by atoms with Crippen LogP contribution in [0.15, 0.2) is 27.1 Å². The highest BCUT2D eigenvalue weighted by molar-refractivity contribution is 9.11. The Balaban J connectivity index is 1.80. The number of benzene rings is 1. The van der Waals surface area contributed by atoms with Crippen molar-refractivity contribution in [2.45, 2.75) is 0 Å². The van der Waals surface area contributed by atoms with Crippen LogP contribution >= 0.6 is 31.9 Å². The molecule has 0 unspecified atom stereocenters. The molecular weight excluding hydrogens is 374 g/mol. The van der Waals surface area contributed by atoms with Gasteiger partial charge in [-0.05, 0) is 34.1 Å². The smallest absolute Gasteiger partial charge is 0.252 e. The maximum Gasteiger partial charge on any atom is 0.252 e. The molecule has 1 amide bonds. The first-order valence-electron chi connectivity index (χ1n) is 6.33. The van der Waals surface area contributed by atoms with Crippen LogP contribution in [0.4, 0.5) is 0 Å². The van der Waals surface area contributed by atoms with E-state index < -0.39 is 0 Å². The Morgan fingerprint density at radius 3 is 2.74 bits per heavy atom. The minimum absolute atomic E-state index is 0.0329. The molecule has 0 spiro atoms. The number of halogens is 2. The number of piperazine rings is 1. The monoisotopic (exact) mass is 389 g/mol. The second kappa shape index (κ2) is 7.38. The number of hydrogen-bond donors (Lipinski definition) is 2. The molecule has 1 aliphatic rings. The van der Waals surface area contributed by atoms with Gasteiger partial charge in [0.05, 0.1) is 5.56 Å². The van der Waals surface area contributed by atoms with Gasteiger partial charge in [0.1, 0.15) is 0 Å². The zero-order valence-corrected chi connectivity index (χ0v) is 13.8. The summed E-state index contributed by atoms with van der Waals surface area (Å²) in [7, 11) is 0. The predicted molar refractivity (Wildman–Crippen MR) is 83.5 cm³/mol. The summed E-state index contributed by atoms with van der Waals surface area (Å²) in [5.41, 5.74) is 0.670. The molecule has 0 radical (unpaired) electrons. The summed E-state index contributed by atoms with van der Waals surface area (Å²) >= 11 is 6.78. The quantitative estimate of drug-likeness (QED) is 0.824. The number of nitrogens with one attached hydrogen (secondary N) is 2. The van der Waals surface area contributed by atoms with E-state index >= 15 is 0 Å². The van der Waals surface area contributed by atoms with Crippen LogP contribution in [-0.2, 0) is 0 Å². The molecule has 1 aromatic carbocycles. The highest BCUT2D eigenvalue weighted by Crippen LogP contribution is 2.21. The first-order valence-corrected chi connectivity index (χ1v) is 7.92. The van der Waals surface area contributed by atoms with Crippen molar-refractivity contribution in [3.8, 4) is 0 Å². The Morgan fingerprint density at radius 1 is 1.32 bits per heavy atom. The van der Waals surface area contributed by atoms with E-state index in [0.29, 0.717) is 12.1 Å². The fourth-order valence-corrected chi connectivity index (χ4v) is 3.26. The van der Waals surface area contributed by atoms with Crippen molar-refractivity contribution < 1.29 is 4.79 Å². The molecule has 1 fully saturated rings. The fraction of sp³-hybridized carbons (Fsp3) is 0.462. The fourth-order valence-electron chi connectivity index (χ4n) is 2.03. The van der Waals surface area contributed by atoms with Crippen LogP contribution in [0.3, 0.4) is 0 Å². The molecule has 0 aliphatic carbocycles. The standard InChI is InChI=1S/C13H17Br2N3O/c14-10-1-2-11(12(15)9-10)13(19)17-5-8-18-6-3-16-4-7-18/h1-2,9,16H,3-8H2,(H,17,19). The van der Waals surface area contributed by atoms with Crippen molar-refractivity contribution in [2.24, 2.45) is 0 Å². The third kappa shape index (κ3) is 4.56. The Morgan fingerprint density at radius 2 is 2.05 bits per heavy atom. The van der Waals surface area contributed by atoms with Gasteiger partial charge in [-0.25, -0.2) is 0 Å². The van der Waals surface area contributed by atoms with E-state index in [1.165, 1.54) is 0 Å². The molecule has 0 bridgehead atoms. The summed E-state index contributed by atoms with van der Waals surface area (Å²) < 4.78 is 1.76. The third-order valence-electron chi connectivity index (χ3n) is 3.10. The van der Waals surface area contributed by atoms with Crippen molar-refractivity contribution in [3.63, 3.8) is 0 Å². The van der Waals surface area contributed by atoms with E-state index in [9.17, 15) is 4.79 Å². The summed E-state index contributed by atoms with van der Waals surface area (Å²) in [5.74, 6) is -0.0329. The van der Waals surface area contributed by atoms with Crippen molar-refractivity contribution in [2.75, 3.05) is 39.3 Å². The molecule has 0 saturated carbocycles. The third-order valence-corrected chi connectivity index (χ3v) is 4.25. The Hall–Kier alpha value is -0.430. The average molecular weight is 391 g/mol. The Kier molecular flexibility index (Phi) is 5.81. The first-order chi connectivity index (χ1) is 9.16. The number of carbonyl (C=O) groups is 1. The molecule has 0 aromatic heterocycles. The van der Waals surface area contributed by atoms with Crippen molar-refractivity contribution in [1.29, 1.82) is 0 Å². The van der Waals surface area contributed by atoms with Gasteiger partial charge in [-0.2, -0.15) is 0 Å². The Labute approximate surface area is 130 Å². The molecule has 1 aliphatic heterocycles. The zero-order valence-electron chi connectivity index (χ0n) is 10.6. The molecule has 0 atom stereocenters. The van der Waals surface area contributed by atoms with Crippen molar-refractivity contribution in [1.82, 2.24) is 15.5 Å². The highest BCUT2D eigenvalue weighted by Gasteiger charge is 2.12. The molecule has 4 nitrogen and oxygen atoms in total. The minimum atomic E-state index is -0.0329. The lowest BCUT2D eigenvalue weighted by Crippen LogP contribution is -2.46. The maximum absolute atomic E-state index is 12.0. The van der Waals surface area contributed by atoms with Gasteiger partial charge in [0.2, 0.25) is 0 Å². The molecule has 19 heavy (non-hydrogen) atoms. The normalized spacial score (nSPS) is 16.3. The van der Waals surface area contributed by atoms with Gasteiger partial charge in [-0.15, -0.1) is 0 Å².